The summed E-state index contributed by atoms with van der Waals surface area (Å²) in [6.45, 7) is 0.896. The molecule has 0 amide bonds. The van der Waals surface area contributed by atoms with E-state index >= 15 is 0 Å². The van der Waals surface area contributed by atoms with Gasteiger partial charge in [0.1, 0.15) is 11.5 Å². The molecule has 0 aromatic heterocycles. The van der Waals surface area contributed by atoms with Gasteiger partial charge in [-0.15, -0.1) is 0 Å². The molecule has 0 radical (unpaired) electrons. The Labute approximate surface area is 256 Å². The molecule has 0 bridgehead atoms. The van der Waals surface area contributed by atoms with Crippen molar-refractivity contribution in [2.75, 3.05) is 45.4 Å². The minimum atomic E-state index is -0.425. The summed E-state index contributed by atoms with van der Waals surface area (Å²) >= 11 is 0. The Morgan fingerprint density at radius 3 is 1.55 bits per heavy atom. The minimum Gasteiger partial charge on any atom is -0.496 e. The molecule has 4 rings (SSSR count). The van der Waals surface area contributed by atoms with Crippen molar-refractivity contribution in [1.29, 1.82) is 0 Å². The number of nitro benzene ring substituents is 1. The third-order valence-corrected chi connectivity index (χ3v) is 6.73. The van der Waals surface area contributed by atoms with Gasteiger partial charge in [0.25, 0.3) is 5.69 Å². The molecule has 0 fully saturated rings. The zero-order valence-corrected chi connectivity index (χ0v) is 24.5. The van der Waals surface area contributed by atoms with Crippen LogP contribution in [0, 0.1) is 10.1 Å². The molecule has 44 heavy (non-hydrogen) atoms. The van der Waals surface area contributed by atoms with E-state index in [0.29, 0.717) is 36.0 Å². The predicted molar refractivity (Wildman–Crippen MR) is 174 cm³/mol. The highest BCUT2D eigenvalue weighted by Crippen LogP contribution is 2.32. The zero-order chi connectivity index (χ0) is 31.3. The van der Waals surface area contributed by atoms with Crippen LogP contribution >= 0.6 is 0 Å². The van der Waals surface area contributed by atoms with Gasteiger partial charge in [-0.1, -0.05) is 36.4 Å². The van der Waals surface area contributed by atoms with Crippen molar-refractivity contribution < 1.29 is 24.6 Å². The first-order valence-corrected chi connectivity index (χ1v) is 13.9. The van der Waals surface area contributed by atoms with Crippen LogP contribution in [-0.4, -0.2) is 55.7 Å². The van der Waals surface area contributed by atoms with Crippen LogP contribution in [0.1, 0.15) is 22.3 Å². The maximum atomic E-state index is 10.9. The number of aliphatic hydroxyl groups is 2. The Morgan fingerprint density at radius 1 is 0.705 bits per heavy atom. The molecular weight excluding hydrogens is 560 g/mol. The lowest BCUT2D eigenvalue weighted by Gasteiger charge is -2.22. The highest BCUT2D eigenvalue weighted by atomic mass is 16.6. The molecule has 10 heteroatoms. The number of nitro groups is 1. The van der Waals surface area contributed by atoms with Gasteiger partial charge in [0.15, 0.2) is 0 Å². The lowest BCUT2D eigenvalue weighted by atomic mass is 10.1. The van der Waals surface area contributed by atoms with Crippen LogP contribution in [0.25, 0.3) is 24.3 Å². The number of azo groups is 1. The number of methoxy groups -OCH3 is 2. The number of hydrogen-bond donors (Lipinski definition) is 2. The first kappa shape index (κ1) is 31.6. The molecule has 0 aliphatic carbocycles. The van der Waals surface area contributed by atoms with E-state index in [0.717, 1.165) is 27.9 Å². The quantitative estimate of drug-likeness (QED) is 0.0686. The Bertz CT molecular complexity index is 1610. The topological polar surface area (TPSA) is 130 Å². The van der Waals surface area contributed by atoms with Gasteiger partial charge in [-0.25, -0.2) is 0 Å². The summed E-state index contributed by atoms with van der Waals surface area (Å²) in [5, 5.41) is 38.0. The molecule has 0 spiro atoms. The number of nitrogens with zero attached hydrogens (tertiary/aromatic N) is 4. The number of non-ortho nitro benzene ring substituents is 1. The maximum absolute atomic E-state index is 10.9. The van der Waals surface area contributed by atoms with Gasteiger partial charge in [0.05, 0.1) is 43.7 Å². The van der Waals surface area contributed by atoms with E-state index in [-0.39, 0.29) is 18.9 Å². The fourth-order valence-corrected chi connectivity index (χ4v) is 4.39. The molecule has 0 atom stereocenters. The van der Waals surface area contributed by atoms with Gasteiger partial charge in [-0.3, -0.25) is 10.1 Å². The van der Waals surface area contributed by atoms with Gasteiger partial charge in [0.2, 0.25) is 0 Å². The summed E-state index contributed by atoms with van der Waals surface area (Å²) in [5.41, 5.74) is 5.75. The Balaban J connectivity index is 1.44. The highest BCUT2D eigenvalue weighted by molar-refractivity contribution is 5.79. The van der Waals surface area contributed by atoms with E-state index in [4.69, 9.17) is 9.47 Å². The van der Waals surface area contributed by atoms with Crippen LogP contribution in [0.5, 0.6) is 11.5 Å². The molecular formula is C34H34N4O6. The smallest absolute Gasteiger partial charge is 0.269 e. The summed E-state index contributed by atoms with van der Waals surface area (Å²) in [5.74, 6) is 1.32. The van der Waals surface area contributed by atoms with Crippen molar-refractivity contribution in [1.82, 2.24) is 0 Å². The highest BCUT2D eigenvalue weighted by Gasteiger charge is 2.09. The van der Waals surface area contributed by atoms with Crippen LogP contribution in [0.15, 0.2) is 95.2 Å². The van der Waals surface area contributed by atoms with Crippen LogP contribution in [0.3, 0.4) is 0 Å². The molecule has 0 aliphatic heterocycles. The maximum Gasteiger partial charge on any atom is 0.269 e. The minimum absolute atomic E-state index is 0.00598. The Hall–Kier alpha value is -5.32. The number of benzene rings is 4. The fourth-order valence-electron chi connectivity index (χ4n) is 4.39. The van der Waals surface area contributed by atoms with E-state index in [2.05, 4.69) is 10.2 Å². The molecule has 2 N–H and O–H groups in total. The largest absolute Gasteiger partial charge is 0.496 e. The standard InChI is InChI=1S/C34H34N4O6/c1-43-33-24-28(10-4-26-7-15-32(16-8-26)38(41)42)34(44-2)23-27(33)9-3-25-5-11-29(12-6-25)35-36-30-13-17-31(18-14-30)37(19-21-39)20-22-40/h3-18,23-24,39-40H,19-22H2,1-2H3. The second kappa shape index (κ2) is 15.8. The van der Waals surface area contributed by atoms with Crippen molar-refractivity contribution >= 4 is 47.1 Å². The van der Waals surface area contributed by atoms with Crippen molar-refractivity contribution in [3.8, 4) is 11.5 Å². The van der Waals surface area contributed by atoms with Gasteiger partial charge < -0.3 is 24.6 Å². The van der Waals surface area contributed by atoms with Crippen LogP contribution < -0.4 is 14.4 Å². The first-order chi connectivity index (χ1) is 21.4. The summed E-state index contributed by atoms with van der Waals surface area (Å²) in [7, 11) is 3.21. The van der Waals surface area contributed by atoms with E-state index < -0.39 is 4.92 Å². The molecule has 0 unspecified atom stereocenters. The number of rotatable bonds is 14. The number of hydrogen-bond acceptors (Lipinski definition) is 9. The van der Waals surface area contributed by atoms with E-state index in [1.807, 2.05) is 89.9 Å². The molecule has 10 nitrogen and oxygen atoms in total. The molecule has 0 saturated carbocycles. The number of ether oxygens (including phenoxy) is 2. The Kier molecular flexibility index (Phi) is 11.3. The van der Waals surface area contributed by atoms with Crippen LogP contribution in [0.2, 0.25) is 0 Å². The van der Waals surface area contributed by atoms with Crippen molar-refractivity contribution in [3.05, 3.63) is 117 Å². The second-order valence-corrected chi connectivity index (χ2v) is 9.59. The molecule has 4 aromatic carbocycles. The SMILES string of the molecule is COc1cc(C=Cc2ccc([N+](=O)[O-])cc2)c(OC)cc1C=Cc1ccc(N=Nc2ccc(N(CCO)CCO)cc2)cc1. The summed E-state index contributed by atoms with van der Waals surface area (Å²) in [6.07, 6.45) is 7.64. The monoisotopic (exact) mass is 594 g/mol. The number of aliphatic hydroxyl groups excluding tert-OH is 2. The van der Waals surface area contributed by atoms with Crippen LogP contribution in [-0.2, 0) is 0 Å². The lowest BCUT2D eigenvalue weighted by molar-refractivity contribution is -0.384. The third kappa shape index (κ3) is 8.60. The van der Waals surface area contributed by atoms with E-state index in [1.165, 1.54) is 12.1 Å². The fraction of sp³-hybridized carbons (Fsp3) is 0.176. The molecule has 0 saturated heterocycles. The van der Waals surface area contributed by atoms with Gasteiger partial charge in [-0.2, -0.15) is 10.2 Å². The van der Waals surface area contributed by atoms with Crippen molar-refractivity contribution in [3.63, 3.8) is 0 Å². The van der Waals surface area contributed by atoms with E-state index in [9.17, 15) is 20.3 Å². The predicted octanol–water partition coefficient (Wildman–Crippen LogP) is 7.16. The lowest BCUT2D eigenvalue weighted by Crippen LogP contribution is -2.29. The Morgan fingerprint density at radius 2 is 1.14 bits per heavy atom. The number of anilines is 1. The van der Waals surface area contributed by atoms with Gasteiger partial charge in [-0.05, 0) is 71.8 Å². The van der Waals surface area contributed by atoms with Crippen molar-refractivity contribution in [2.45, 2.75) is 0 Å². The van der Waals surface area contributed by atoms with Crippen molar-refractivity contribution in [2.24, 2.45) is 10.2 Å². The average molecular weight is 595 g/mol. The molecule has 0 heterocycles. The van der Waals surface area contributed by atoms with Gasteiger partial charge >= 0.3 is 0 Å². The summed E-state index contributed by atoms with van der Waals surface area (Å²) < 4.78 is 11.3. The molecule has 226 valence electrons. The first-order valence-electron chi connectivity index (χ1n) is 13.9. The third-order valence-electron chi connectivity index (χ3n) is 6.73. The second-order valence-electron chi connectivity index (χ2n) is 9.59. The van der Waals surface area contributed by atoms with Gasteiger partial charge in [0, 0.05) is 42.0 Å². The van der Waals surface area contributed by atoms with Crippen LogP contribution in [0.4, 0.5) is 22.7 Å². The zero-order valence-electron chi connectivity index (χ0n) is 24.5. The summed E-state index contributed by atoms with van der Waals surface area (Å²) in [6, 6.07) is 25.2. The molecule has 4 aromatic rings. The molecule has 0 aliphatic rings. The summed E-state index contributed by atoms with van der Waals surface area (Å²) in [4.78, 5) is 12.4. The normalized spacial score (nSPS) is 11.5. The average Bonchev–Trinajstić information content (AvgIpc) is 3.06. The van der Waals surface area contributed by atoms with E-state index in [1.54, 1.807) is 26.4 Å².